The topological polar surface area (TPSA) is 46.3 Å². The largest absolute Gasteiger partial charge is 0.337 e. The van der Waals surface area contributed by atoms with Crippen molar-refractivity contribution < 1.29 is 4.79 Å². The zero-order valence-corrected chi connectivity index (χ0v) is 12.1. The number of hydrogen-bond donors (Lipinski definition) is 1. The van der Waals surface area contributed by atoms with E-state index in [1.165, 1.54) is 0 Å². The summed E-state index contributed by atoms with van der Waals surface area (Å²) in [5.41, 5.74) is 6.31. The van der Waals surface area contributed by atoms with Crippen LogP contribution >= 0.6 is 35.6 Å². The zero-order valence-electron chi connectivity index (χ0n) is 9.73. The monoisotopic (exact) mass is 308 g/mol. The molecule has 1 aliphatic heterocycles. The SMILES string of the molecule is Cl.NC1CCCN(C(=O)c2cccc(Cl)c2Cl)C1. The number of carbonyl (C=O) groups excluding carboxylic acids is 1. The van der Waals surface area contributed by atoms with Crippen molar-refractivity contribution >= 4 is 41.5 Å². The number of amides is 1. The summed E-state index contributed by atoms with van der Waals surface area (Å²) in [6, 6.07) is 5.15. The van der Waals surface area contributed by atoms with Gasteiger partial charge in [0.25, 0.3) is 5.91 Å². The van der Waals surface area contributed by atoms with Crippen molar-refractivity contribution in [1.82, 2.24) is 4.90 Å². The van der Waals surface area contributed by atoms with Crippen LogP contribution in [0.25, 0.3) is 0 Å². The van der Waals surface area contributed by atoms with E-state index in [4.69, 9.17) is 28.9 Å². The first-order chi connectivity index (χ1) is 8.09. The number of nitrogens with two attached hydrogens (primary N) is 1. The first-order valence-corrected chi connectivity index (χ1v) is 6.34. The van der Waals surface area contributed by atoms with Gasteiger partial charge in [0.05, 0.1) is 15.6 Å². The fourth-order valence-corrected chi connectivity index (χ4v) is 2.42. The number of benzene rings is 1. The Kier molecular flexibility index (Phi) is 5.73. The van der Waals surface area contributed by atoms with Crippen LogP contribution in [0.4, 0.5) is 0 Å². The van der Waals surface area contributed by atoms with Gasteiger partial charge in [-0.05, 0) is 25.0 Å². The van der Waals surface area contributed by atoms with E-state index in [9.17, 15) is 4.79 Å². The molecule has 1 saturated heterocycles. The summed E-state index contributed by atoms with van der Waals surface area (Å²) >= 11 is 11.9. The van der Waals surface area contributed by atoms with Crippen molar-refractivity contribution in [3.05, 3.63) is 33.8 Å². The molecule has 1 atom stereocenters. The van der Waals surface area contributed by atoms with Gasteiger partial charge in [-0.15, -0.1) is 12.4 Å². The quantitative estimate of drug-likeness (QED) is 0.867. The van der Waals surface area contributed by atoms with Crippen LogP contribution in [0.1, 0.15) is 23.2 Å². The number of piperidine rings is 1. The lowest BCUT2D eigenvalue weighted by Crippen LogP contribution is -2.45. The number of rotatable bonds is 1. The van der Waals surface area contributed by atoms with Crippen LogP contribution in [0.2, 0.25) is 10.0 Å². The lowest BCUT2D eigenvalue weighted by molar-refractivity contribution is 0.0709. The van der Waals surface area contributed by atoms with Crippen molar-refractivity contribution in [1.29, 1.82) is 0 Å². The molecule has 6 heteroatoms. The summed E-state index contributed by atoms with van der Waals surface area (Å²) in [4.78, 5) is 14.0. The summed E-state index contributed by atoms with van der Waals surface area (Å²) < 4.78 is 0. The molecule has 1 aromatic carbocycles. The second-order valence-corrected chi connectivity index (χ2v) is 5.04. The molecule has 1 fully saturated rings. The summed E-state index contributed by atoms with van der Waals surface area (Å²) in [7, 11) is 0. The summed E-state index contributed by atoms with van der Waals surface area (Å²) in [5.74, 6) is -0.0901. The highest BCUT2D eigenvalue weighted by Crippen LogP contribution is 2.27. The van der Waals surface area contributed by atoms with E-state index in [2.05, 4.69) is 0 Å². The van der Waals surface area contributed by atoms with Crippen molar-refractivity contribution in [2.75, 3.05) is 13.1 Å². The van der Waals surface area contributed by atoms with Crippen molar-refractivity contribution in [2.24, 2.45) is 5.73 Å². The summed E-state index contributed by atoms with van der Waals surface area (Å²) in [6.45, 7) is 1.32. The highest BCUT2D eigenvalue weighted by Gasteiger charge is 2.24. The maximum atomic E-state index is 12.2. The lowest BCUT2D eigenvalue weighted by atomic mass is 10.1. The Morgan fingerprint density at radius 3 is 2.78 bits per heavy atom. The molecule has 1 aromatic rings. The number of likely N-dealkylation sites (tertiary alicyclic amines) is 1. The number of nitrogens with zero attached hydrogens (tertiary/aromatic N) is 1. The van der Waals surface area contributed by atoms with Gasteiger partial charge in [0, 0.05) is 19.1 Å². The van der Waals surface area contributed by atoms with Crippen LogP contribution < -0.4 is 5.73 Å². The van der Waals surface area contributed by atoms with E-state index in [1.54, 1.807) is 23.1 Å². The molecule has 3 nitrogen and oxygen atoms in total. The van der Waals surface area contributed by atoms with E-state index in [0.29, 0.717) is 22.2 Å². The molecule has 0 aromatic heterocycles. The van der Waals surface area contributed by atoms with Gasteiger partial charge < -0.3 is 10.6 Å². The van der Waals surface area contributed by atoms with Gasteiger partial charge >= 0.3 is 0 Å². The molecule has 18 heavy (non-hydrogen) atoms. The molecule has 0 radical (unpaired) electrons. The number of halogens is 3. The maximum Gasteiger partial charge on any atom is 0.255 e. The summed E-state index contributed by atoms with van der Waals surface area (Å²) in [6.07, 6.45) is 1.90. The first-order valence-electron chi connectivity index (χ1n) is 5.58. The van der Waals surface area contributed by atoms with Gasteiger partial charge in [0.2, 0.25) is 0 Å². The van der Waals surface area contributed by atoms with Crippen molar-refractivity contribution in [2.45, 2.75) is 18.9 Å². The molecule has 0 aliphatic carbocycles. The van der Waals surface area contributed by atoms with E-state index in [1.807, 2.05) is 0 Å². The first kappa shape index (κ1) is 15.6. The van der Waals surface area contributed by atoms with Gasteiger partial charge in [0.1, 0.15) is 0 Å². The van der Waals surface area contributed by atoms with E-state index in [-0.39, 0.29) is 24.4 Å². The molecular weight excluding hydrogens is 295 g/mol. The molecular formula is C12H15Cl3N2O. The molecule has 2 rings (SSSR count). The smallest absolute Gasteiger partial charge is 0.255 e. The zero-order chi connectivity index (χ0) is 12.4. The molecule has 1 amide bonds. The number of carbonyl (C=O) groups is 1. The van der Waals surface area contributed by atoms with E-state index in [0.717, 1.165) is 19.4 Å². The van der Waals surface area contributed by atoms with Crippen LogP contribution in [-0.2, 0) is 0 Å². The van der Waals surface area contributed by atoms with Crippen LogP contribution in [0.15, 0.2) is 18.2 Å². The molecule has 1 unspecified atom stereocenters. The second-order valence-electron chi connectivity index (χ2n) is 4.25. The predicted molar refractivity (Wildman–Crippen MR) is 76.8 cm³/mol. The second kappa shape index (κ2) is 6.62. The highest BCUT2D eigenvalue weighted by molar-refractivity contribution is 6.43. The van der Waals surface area contributed by atoms with Crippen LogP contribution in [0.5, 0.6) is 0 Å². The normalized spacial score (nSPS) is 19.3. The van der Waals surface area contributed by atoms with Gasteiger partial charge in [-0.25, -0.2) is 0 Å². The minimum absolute atomic E-state index is 0. The Morgan fingerprint density at radius 1 is 1.39 bits per heavy atom. The van der Waals surface area contributed by atoms with E-state index >= 15 is 0 Å². The predicted octanol–water partition coefficient (Wildman–Crippen LogP) is 2.98. The summed E-state index contributed by atoms with van der Waals surface area (Å²) in [5, 5.41) is 0.720. The molecule has 0 bridgehead atoms. The van der Waals surface area contributed by atoms with Gasteiger partial charge in [-0.1, -0.05) is 29.3 Å². The fraction of sp³-hybridized carbons (Fsp3) is 0.417. The van der Waals surface area contributed by atoms with Crippen molar-refractivity contribution in [3.8, 4) is 0 Å². The van der Waals surface area contributed by atoms with Gasteiger partial charge in [-0.2, -0.15) is 0 Å². The third-order valence-corrected chi connectivity index (χ3v) is 3.75. The van der Waals surface area contributed by atoms with E-state index < -0.39 is 0 Å². The van der Waals surface area contributed by atoms with Crippen LogP contribution in [0.3, 0.4) is 0 Å². The maximum absolute atomic E-state index is 12.2. The highest BCUT2D eigenvalue weighted by atomic mass is 35.5. The molecule has 100 valence electrons. The molecule has 0 saturated carbocycles. The van der Waals surface area contributed by atoms with Gasteiger partial charge in [0.15, 0.2) is 0 Å². The Hall–Kier alpha value is -0.480. The Bertz CT molecular complexity index is 439. The number of hydrogen-bond acceptors (Lipinski definition) is 2. The van der Waals surface area contributed by atoms with Crippen LogP contribution in [0, 0.1) is 0 Å². The standard InChI is InChI=1S/C12H14Cl2N2O.ClH/c13-10-5-1-4-9(11(10)14)12(17)16-6-2-3-8(15)7-16;/h1,4-5,8H,2-3,6-7,15H2;1H. The minimum Gasteiger partial charge on any atom is -0.337 e. The lowest BCUT2D eigenvalue weighted by Gasteiger charge is -2.31. The third kappa shape index (κ3) is 3.29. The van der Waals surface area contributed by atoms with Crippen LogP contribution in [-0.4, -0.2) is 29.9 Å². The Morgan fingerprint density at radius 2 is 2.11 bits per heavy atom. The average molecular weight is 310 g/mol. The Balaban J connectivity index is 0.00000162. The fourth-order valence-electron chi connectivity index (χ4n) is 2.03. The van der Waals surface area contributed by atoms with Crippen molar-refractivity contribution in [3.63, 3.8) is 0 Å². The molecule has 1 heterocycles. The van der Waals surface area contributed by atoms with Gasteiger partial charge in [-0.3, -0.25) is 4.79 Å². The third-order valence-electron chi connectivity index (χ3n) is 2.93. The molecule has 0 spiro atoms. The average Bonchev–Trinajstić information content (AvgIpc) is 2.32. The molecule has 2 N–H and O–H groups in total. The minimum atomic E-state index is -0.0901. The Labute approximate surface area is 123 Å². The molecule has 1 aliphatic rings.